The maximum atomic E-state index is 4.16. The Balaban J connectivity index is 2.86. The fraction of sp³-hybridized carbons (Fsp3) is 0.143. The van der Waals surface area contributed by atoms with E-state index in [-0.39, 0.29) is 0 Å². The summed E-state index contributed by atoms with van der Waals surface area (Å²) in [6.45, 7) is 0. The molecule has 2 rings (SSSR count). The van der Waals surface area contributed by atoms with E-state index in [2.05, 4.69) is 22.6 Å². The van der Waals surface area contributed by atoms with Gasteiger partial charge in [-0.1, -0.05) is 0 Å². The third-order valence-electron chi connectivity index (χ3n) is 1.54. The van der Waals surface area contributed by atoms with Gasteiger partial charge < -0.3 is 4.57 Å². The monoisotopic (exact) mass is 165 g/mol. The molecule has 4 heteroatoms. The summed E-state index contributed by atoms with van der Waals surface area (Å²) >= 11 is 4.16. The lowest BCUT2D eigenvalue weighted by Gasteiger charge is -1.92. The first-order valence-corrected chi connectivity index (χ1v) is 3.68. The molecule has 0 amide bonds. The molecule has 0 saturated carbocycles. The van der Waals surface area contributed by atoms with Crippen molar-refractivity contribution in [3.63, 3.8) is 0 Å². The molecule has 0 spiro atoms. The molecular weight excluding hydrogens is 158 g/mol. The number of fused-ring (bicyclic) bond motifs is 1. The van der Waals surface area contributed by atoms with Crippen LogP contribution in [0.2, 0.25) is 0 Å². The number of aryl methyl sites for hydroxylation is 1. The number of thiol groups is 1. The first-order chi connectivity index (χ1) is 5.27. The summed E-state index contributed by atoms with van der Waals surface area (Å²) in [7, 11) is 1.92. The third kappa shape index (κ3) is 0.991. The van der Waals surface area contributed by atoms with Crippen LogP contribution in [0.4, 0.5) is 0 Å². The summed E-state index contributed by atoms with van der Waals surface area (Å²) in [5, 5.41) is 0. The molecule has 3 nitrogen and oxygen atoms in total. The normalized spacial score (nSPS) is 10.7. The zero-order valence-electron chi connectivity index (χ0n) is 6.02. The topological polar surface area (TPSA) is 30.7 Å². The molecule has 0 fully saturated rings. The van der Waals surface area contributed by atoms with E-state index >= 15 is 0 Å². The van der Waals surface area contributed by atoms with Gasteiger partial charge in [0.25, 0.3) is 0 Å². The van der Waals surface area contributed by atoms with E-state index in [0.29, 0.717) is 0 Å². The van der Waals surface area contributed by atoms with E-state index < -0.39 is 0 Å². The smallest absolute Gasteiger partial charge is 0.159 e. The van der Waals surface area contributed by atoms with Crippen molar-refractivity contribution >= 4 is 23.8 Å². The standard InChI is InChI=1S/C7H7N3S/c1-10-4-9-6-2-5(11)3-8-7(6)10/h2-4,11H,1H3. The van der Waals surface area contributed by atoms with Crippen molar-refractivity contribution in [2.24, 2.45) is 7.05 Å². The summed E-state index contributed by atoms with van der Waals surface area (Å²) in [4.78, 5) is 9.14. The van der Waals surface area contributed by atoms with Crippen molar-refractivity contribution in [3.05, 3.63) is 18.6 Å². The number of aromatic nitrogens is 3. The molecule has 0 atom stereocenters. The molecular formula is C7H7N3S. The van der Waals surface area contributed by atoms with E-state index in [1.54, 1.807) is 12.5 Å². The van der Waals surface area contributed by atoms with Gasteiger partial charge in [-0.25, -0.2) is 9.97 Å². The second-order valence-electron chi connectivity index (χ2n) is 2.39. The van der Waals surface area contributed by atoms with Crippen molar-refractivity contribution in [2.75, 3.05) is 0 Å². The van der Waals surface area contributed by atoms with Gasteiger partial charge in [0.1, 0.15) is 5.52 Å². The lowest BCUT2D eigenvalue weighted by Crippen LogP contribution is -1.86. The number of imidazole rings is 1. The Morgan fingerprint density at radius 1 is 1.45 bits per heavy atom. The number of pyridine rings is 1. The zero-order chi connectivity index (χ0) is 7.84. The molecule has 0 radical (unpaired) electrons. The number of rotatable bonds is 0. The number of hydrogen-bond acceptors (Lipinski definition) is 3. The molecule has 2 aromatic rings. The summed E-state index contributed by atoms with van der Waals surface area (Å²) in [6.07, 6.45) is 3.46. The minimum atomic E-state index is 0.844. The zero-order valence-corrected chi connectivity index (χ0v) is 6.92. The Morgan fingerprint density at radius 3 is 3.09 bits per heavy atom. The Morgan fingerprint density at radius 2 is 2.27 bits per heavy atom. The van der Waals surface area contributed by atoms with Gasteiger partial charge in [-0.2, -0.15) is 0 Å². The Kier molecular flexibility index (Phi) is 1.35. The van der Waals surface area contributed by atoms with Gasteiger partial charge in [0.2, 0.25) is 0 Å². The second-order valence-corrected chi connectivity index (χ2v) is 2.91. The Bertz CT molecular complexity index is 393. The minimum Gasteiger partial charge on any atom is -0.318 e. The average Bonchev–Trinajstić information content (AvgIpc) is 2.32. The molecule has 11 heavy (non-hydrogen) atoms. The van der Waals surface area contributed by atoms with Crippen LogP contribution in [0.15, 0.2) is 23.5 Å². The first-order valence-electron chi connectivity index (χ1n) is 3.23. The van der Waals surface area contributed by atoms with Crippen LogP contribution in [0.5, 0.6) is 0 Å². The van der Waals surface area contributed by atoms with Crippen molar-refractivity contribution in [2.45, 2.75) is 4.90 Å². The predicted octanol–water partition coefficient (Wildman–Crippen LogP) is 1.26. The Hall–Kier alpha value is -1.03. The quantitative estimate of drug-likeness (QED) is 0.596. The van der Waals surface area contributed by atoms with Gasteiger partial charge in [-0.05, 0) is 6.07 Å². The molecule has 2 aromatic heterocycles. The fourth-order valence-corrected chi connectivity index (χ4v) is 1.19. The van der Waals surface area contributed by atoms with Crippen LogP contribution in [0.25, 0.3) is 11.2 Å². The highest BCUT2D eigenvalue weighted by Crippen LogP contribution is 2.12. The van der Waals surface area contributed by atoms with Gasteiger partial charge in [0.15, 0.2) is 5.65 Å². The lowest BCUT2D eigenvalue weighted by atomic mass is 10.4. The highest BCUT2D eigenvalue weighted by molar-refractivity contribution is 7.80. The lowest BCUT2D eigenvalue weighted by molar-refractivity contribution is 0.929. The van der Waals surface area contributed by atoms with Crippen LogP contribution in [0.1, 0.15) is 0 Å². The van der Waals surface area contributed by atoms with Crippen LogP contribution in [-0.4, -0.2) is 14.5 Å². The number of hydrogen-bond donors (Lipinski definition) is 1. The maximum Gasteiger partial charge on any atom is 0.159 e. The molecule has 0 bridgehead atoms. The van der Waals surface area contributed by atoms with E-state index in [1.165, 1.54) is 0 Å². The van der Waals surface area contributed by atoms with Crippen LogP contribution in [0.3, 0.4) is 0 Å². The molecule has 2 heterocycles. The van der Waals surface area contributed by atoms with E-state index in [9.17, 15) is 0 Å². The molecule has 0 aliphatic heterocycles. The maximum absolute atomic E-state index is 4.16. The molecule has 0 aliphatic rings. The average molecular weight is 165 g/mol. The largest absolute Gasteiger partial charge is 0.318 e. The first kappa shape index (κ1) is 6.67. The summed E-state index contributed by atoms with van der Waals surface area (Å²) in [6, 6.07) is 1.89. The van der Waals surface area contributed by atoms with E-state index in [1.807, 2.05) is 17.7 Å². The van der Waals surface area contributed by atoms with Gasteiger partial charge in [0.05, 0.1) is 6.33 Å². The third-order valence-corrected chi connectivity index (χ3v) is 1.78. The van der Waals surface area contributed by atoms with Crippen molar-refractivity contribution in [1.29, 1.82) is 0 Å². The van der Waals surface area contributed by atoms with Crippen molar-refractivity contribution in [3.8, 4) is 0 Å². The minimum absolute atomic E-state index is 0.844. The molecule has 0 aromatic carbocycles. The predicted molar refractivity (Wildman–Crippen MR) is 45.8 cm³/mol. The van der Waals surface area contributed by atoms with Gasteiger partial charge >= 0.3 is 0 Å². The van der Waals surface area contributed by atoms with Gasteiger partial charge in [0, 0.05) is 18.1 Å². The van der Waals surface area contributed by atoms with Crippen molar-refractivity contribution in [1.82, 2.24) is 14.5 Å². The van der Waals surface area contributed by atoms with Crippen LogP contribution >= 0.6 is 12.6 Å². The number of nitrogens with zero attached hydrogens (tertiary/aromatic N) is 3. The summed E-state index contributed by atoms with van der Waals surface area (Å²) in [5.74, 6) is 0. The summed E-state index contributed by atoms with van der Waals surface area (Å²) in [5.41, 5.74) is 1.78. The SMILES string of the molecule is Cn1cnc2cc(S)cnc21. The Labute approximate surface area is 69.5 Å². The highest BCUT2D eigenvalue weighted by atomic mass is 32.1. The van der Waals surface area contributed by atoms with E-state index in [0.717, 1.165) is 16.1 Å². The summed E-state index contributed by atoms with van der Waals surface area (Å²) < 4.78 is 1.88. The molecule has 0 unspecified atom stereocenters. The highest BCUT2D eigenvalue weighted by Gasteiger charge is 1.99. The van der Waals surface area contributed by atoms with Gasteiger partial charge in [-0.3, -0.25) is 0 Å². The van der Waals surface area contributed by atoms with Crippen molar-refractivity contribution < 1.29 is 0 Å². The van der Waals surface area contributed by atoms with Crippen LogP contribution < -0.4 is 0 Å². The van der Waals surface area contributed by atoms with Crippen LogP contribution in [0, 0.1) is 0 Å². The van der Waals surface area contributed by atoms with Gasteiger partial charge in [-0.15, -0.1) is 12.6 Å². The second kappa shape index (κ2) is 2.23. The van der Waals surface area contributed by atoms with Crippen LogP contribution in [-0.2, 0) is 7.05 Å². The fourth-order valence-electron chi connectivity index (χ4n) is 1.01. The van der Waals surface area contributed by atoms with E-state index in [4.69, 9.17) is 0 Å². The molecule has 0 aliphatic carbocycles. The molecule has 0 N–H and O–H groups in total. The molecule has 56 valence electrons. The molecule has 0 saturated heterocycles.